The van der Waals surface area contributed by atoms with E-state index in [9.17, 15) is 136 Å². The van der Waals surface area contributed by atoms with Crippen molar-refractivity contribution in [2.24, 2.45) is 52.8 Å². The van der Waals surface area contributed by atoms with Gasteiger partial charge in [-0.15, -0.1) is 4.40 Å². The zero-order chi connectivity index (χ0) is 107. The van der Waals surface area contributed by atoms with E-state index in [1.165, 1.54) is 25.1 Å². The number of hydrogen-bond acceptors (Lipinski definition) is 40. The molecule has 1 atom stereocenters. The molecule has 0 bridgehead atoms. The molecule has 0 radical (unpaired) electrons. The fourth-order valence-electron chi connectivity index (χ4n) is 6.14. The van der Waals surface area contributed by atoms with Gasteiger partial charge < -0.3 is 75.8 Å². The van der Waals surface area contributed by atoms with Gasteiger partial charge in [0.25, 0.3) is 26.4 Å². The summed E-state index contributed by atoms with van der Waals surface area (Å²) in [6.07, 6.45) is -0.179. The van der Waals surface area contributed by atoms with Gasteiger partial charge in [-0.1, -0.05) is 154 Å². The molecular weight excluding hydrogens is 2120 g/mol. The first-order valence-electron chi connectivity index (χ1n) is 35.7. The Morgan fingerprint density at radius 1 is 0.360 bits per heavy atom. The van der Waals surface area contributed by atoms with E-state index in [-0.39, 0.29) is 67.8 Å². The van der Waals surface area contributed by atoms with Crippen LogP contribution in [0.1, 0.15) is 95.4 Å². The molecule has 0 spiro atoms. The first-order valence-corrected chi connectivity index (χ1v) is 53.4. The van der Waals surface area contributed by atoms with E-state index < -0.39 is 179 Å². The van der Waals surface area contributed by atoms with Crippen molar-refractivity contribution in [3.8, 4) is 11.5 Å². The highest BCUT2D eigenvalue weighted by Crippen LogP contribution is 2.16. The van der Waals surface area contributed by atoms with Crippen LogP contribution < -0.4 is 9.47 Å². The van der Waals surface area contributed by atoms with Crippen molar-refractivity contribution in [1.29, 1.82) is 0 Å². The fraction of sp³-hybridized carbons (Fsp3) is 0.492. The summed E-state index contributed by atoms with van der Waals surface area (Å²) in [5.41, 5.74) is 2.11. The van der Waals surface area contributed by atoms with Crippen molar-refractivity contribution >= 4 is 195 Å². The van der Waals surface area contributed by atoms with Gasteiger partial charge in [0.2, 0.25) is 20.0 Å². The van der Waals surface area contributed by atoms with E-state index in [0.29, 0.717) is 43.9 Å². The number of para-hydroxylation sites is 2. The molecule has 0 aromatic heterocycles. The lowest BCUT2D eigenvalue weighted by atomic mass is 10.2. The number of halogens is 9. The van der Waals surface area contributed by atoms with Crippen LogP contribution in [0.15, 0.2) is 161 Å². The molecule has 3 saturated heterocycles. The van der Waals surface area contributed by atoms with Crippen LogP contribution in [-0.4, -0.2) is 286 Å². The molecule has 1 unspecified atom stereocenters. The van der Waals surface area contributed by atoms with Crippen molar-refractivity contribution in [1.82, 2.24) is 0 Å². The normalized spacial score (nSPS) is 13.7. The third kappa shape index (κ3) is 97.5. The van der Waals surface area contributed by atoms with E-state index in [1.54, 1.807) is 134 Å². The first kappa shape index (κ1) is 136. The monoisotopic (exact) mass is 2220 g/mol. The van der Waals surface area contributed by atoms with Crippen molar-refractivity contribution in [3.63, 3.8) is 0 Å². The van der Waals surface area contributed by atoms with Crippen LogP contribution in [0.4, 0.5) is 35.5 Å². The van der Waals surface area contributed by atoms with Crippen molar-refractivity contribution in [3.05, 3.63) is 104 Å². The predicted octanol–water partition coefficient (Wildman–Crippen LogP) is 7.25. The van der Waals surface area contributed by atoms with Gasteiger partial charge in [-0.3, -0.25) is 0 Å². The summed E-state index contributed by atoms with van der Waals surface area (Å²) in [7, 11) is -48.1. The van der Waals surface area contributed by atoms with Gasteiger partial charge in [-0.05, 0) is 111 Å². The summed E-state index contributed by atoms with van der Waals surface area (Å²) in [5, 5.41) is 0. The van der Waals surface area contributed by atoms with Gasteiger partial charge in [0, 0.05) is 22.8 Å². The lowest BCUT2D eigenvalue weighted by Crippen LogP contribution is -2.18. The molecule has 0 aliphatic carbocycles. The molecule has 3 aliphatic rings. The lowest BCUT2D eigenvalue weighted by Gasteiger charge is -2.08. The number of alkyl halides is 1. The topological polar surface area (TPSA) is 706 Å². The number of rotatable bonds is 23. The second kappa shape index (κ2) is 68.9. The van der Waals surface area contributed by atoms with Crippen LogP contribution in [0, 0.1) is 0 Å². The zero-order valence-electron chi connectivity index (χ0n) is 74.5. The van der Waals surface area contributed by atoms with Gasteiger partial charge in [0.1, 0.15) is 44.5 Å². The molecule has 784 valence electrons. The average molecular weight is 2220 g/mol. The molecule has 3 aliphatic heterocycles. The summed E-state index contributed by atoms with van der Waals surface area (Å²) in [5.74, 6) is 0.539. The molecular formula is C63H97F9N12O40S12. The van der Waals surface area contributed by atoms with E-state index >= 15 is 0 Å². The minimum Gasteiger partial charge on any atom is -0.453 e. The van der Waals surface area contributed by atoms with Crippen LogP contribution in [0.5, 0.6) is 11.5 Å². The first-order chi connectivity index (χ1) is 62.0. The fourth-order valence-corrected chi connectivity index (χ4v) is 11.5. The molecule has 3 fully saturated rings. The van der Waals surface area contributed by atoms with E-state index in [2.05, 4.69) is 126 Å². The number of sulfonamides is 4. The van der Waals surface area contributed by atoms with Crippen molar-refractivity contribution in [2.45, 2.75) is 107 Å². The number of nitrogens with zero attached hydrogens (tertiary/aromatic N) is 12. The predicted molar refractivity (Wildman–Crippen MR) is 476 cm³/mol. The molecule has 0 saturated carbocycles. The molecule has 3 heterocycles. The Balaban J connectivity index is -0.000000342. The third-order valence-electron chi connectivity index (χ3n) is 10.5. The SMILES string of the molecule is C=CCOC(=NS(=O)(=O)F)OC.CC(C)=NS(=O)(=O)c1ccccc1.CC(C)=NS(C)(=O)=O.CCC(C)=NS(=O)(=O)F.CCC(CC)=NS(C)(=O)=O.CCOC(=NS(=O)(=O)F)OC.CCOC(=NS(=O)(=O)F)OCC.COC(=NS(=O)(=O)F)OC.CS(=O)(=O)N=C1OCCO1.O=S(=O)(F)N=C(Oc1ccccc1)Oc1ccccc1.O=S(=O)(F)N=C1OCC(F)O1.O=S(=O)(F)N=C1OCCO1. The Morgan fingerprint density at radius 3 is 0.919 bits per heavy atom. The van der Waals surface area contributed by atoms with Crippen LogP contribution >= 0.6 is 0 Å². The van der Waals surface area contributed by atoms with Crippen LogP contribution in [0.3, 0.4) is 0 Å². The molecule has 3 aromatic carbocycles. The standard InChI is InChI=1S/C13H10FNO4S.C9H11NO2S.C6H13NO2S.C5H8FNO4S.C5H10FNO4S.C4H8FNO4S.C4H8FNO2S.C4H7NO4S.C4H9NO2S.C3H3F2NO4S.C3H4FNO4S.C3H6FNO4S/c14-20(16,17)15-13(18-11-7-3-1-4-8-11)19-12-9-5-2-6-10-12;1-8(2)10-13(11,12)9-6-4-3-5-7-9;1-4-6(5-2)7-10(3,8)9;1-3-4-11-5(10-2)7-12(6,8)9;1-3-10-5(11-4-2)7-12(6,8)9;1-3-10-4(9-2)6-11(5,7)8;1-3-4(2)6-9(5,7)8;1-10(6,7)5-4-8-2-3-9-4;1-4(2)5-8(3,6)7;4-2-1-9-3(10-2)6-11(5,7)8;4-10(6,7)5-3-8-1-2-9-3;1-8-3(9-2)5-10(4,6)7/h1-10H;3-7H,1-2H3;4-5H2,1-3H3;3H,1,4H2,2H3;3-4H2,1-2H3;3H2,1-2H3;3H2,1-2H3;2-3H2,1H3;1-3H3;2H,1H2;1-2H2;1-2H3. The van der Waals surface area contributed by atoms with Crippen LogP contribution in [-0.2, 0) is 190 Å². The molecule has 52 nitrogen and oxygen atoms in total. The summed E-state index contributed by atoms with van der Waals surface area (Å²) in [4.78, 5) is 0.233. The van der Waals surface area contributed by atoms with Gasteiger partial charge in [0.05, 0.1) is 71.9 Å². The van der Waals surface area contributed by atoms with Crippen LogP contribution in [0.2, 0.25) is 0 Å². The maximum atomic E-state index is 12.7. The molecule has 0 N–H and O–H groups in total. The highest BCUT2D eigenvalue weighted by atomic mass is 32.3. The van der Waals surface area contributed by atoms with Gasteiger partial charge in [0.15, 0.2) is 6.61 Å². The highest BCUT2D eigenvalue weighted by molar-refractivity contribution is 7.91. The molecule has 0 amide bonds. The number of benzene rings is 3. The third-order valence-corrected chi connectivity index (χ3v) is 16.8. The molecule has 136 heavy (non-hydrogen) atoms. The summed E-state index contributed by atoms with van der Waals surface area (Å²) >= 11 is 0. The maximum absolute atomic E-state index is 12.7. The lowest BCUT2D eigenvalue weighted by molar-refractivity contribution is 0.0839. The van der Waals surface area contributed by atoms with Gasteiger partial charge in [-0.25, -0.2) is 25.3 Å². The van der Waals surface area contributed by atoms with Gasteiger partial charge in [-0.2, -0.15) is 93.3 Å². The maximum Gasteiger partial charge on any atom is 0.423 e. The average Bonchev–Trinajstić information content (AvgIpc) is 1.00. The Bertz CT molecular complexity index is 5720. The largest absolute Gasteiger partial charge is 0.453 e. The second-order valence-electron chi connectivity index (χ2n) is 22.5. The number of ether oxygens (including phenoxy) is 16. The molecule has 3 aromatic rings. The Hall–Kier alpha value is -11.0. The molecule has 6 rings (SSSR count). The molecule has 73 heteroatoms. The van der Waals surface area contributed by atoms with Crippen molar-refractivity contribution < 1.29 is 212 Å². The summed E-state index contributed by atoms with van der Waals surface area (Å²) < 4.78 is 457. The highest BCUT2D eigenvalue weighted by Gasteiger charge is 2.26. The van der Waals surface area contributed by atoms with Gasteiger partial charge >= 0.3 is 132 Å². The smallest absolute Gasteiger partial charge is 0.423 e. The quantitative estimate of drug-likeness (QED) is 0.0296. The van der Waals surface area contributed by atoms with E-state index in [1.807, 2.05) is 13.8 Å². The number of hydrogen-bond donors (Lipinski definition) is 0. The minimum atomic E-state index is -5.13. The number of methoxy groups -OCH3 is 4. The van der Waals surface area contributed by atoms with E-state index in [0.717, 1.165) is 52.9 Å². The van der Waals surface area contributed by atoms with Crippen LogP contribution in [0.25, 0.3) is 0 Å². The zero-order valence-corrected chi connectivity index (χ0v) is 84.3. The van der Waals surface area contributed by atoms with Crippen molar-refractivity contribution in [2.75, 3.05) is 107 Å². The minimum absolute atomic E-state index is 0.0117. The Morgan fingerprint density at radius 2 is 0.669 bits per heavy atom. The summed E-state index contributed by atoms with van der Waals surface area (Å²) in [6.45, 7) is 22.7. The van der Waals surface area contributed by atoms with E-state index in [4.69, 9.17) is 9.47 Å². The summed E-state index contributed by atoms with van der Waals surface area (Å²) in [6, 6.07) is 24.5. The Kier molecular flexibility index (Phi) is 68.8. The second-order valence-corrected chi connectivity index (χ2v) is 37.1. The Labute approximate surface area is 783 Å².